The molecule has 2 aliphatic heterocycles. The lowest BCUT2D eigenvalue weighted by atomic mass is 9.85. The first kappa shape index (κ1) is 20.7. The summed E-state index contributed by atoms with van der Waals surface area (Å²) in [6, 6.07) is 6.74. The molecule has 2 saturated heterocycles. The molecule has 1 aromatic carbocycles. The van der Waals surface area contributed by atoms with Crippen molar-refractivity contribution in [3.8, 4) is 0 Å². The molecule has 4 aliphatic rings. The van der Waals surface area contributed by atoms with Gasteiger partial charge in [0.15, 0.2) is 0 Å². The van der Waals surface area contributed by atoms with E-state index in [1.165, 1.54) is 0 Å². The molecule has 2 N–H and O–H groups in total. The predicted octanol–water partition coefficient (Wildman–Crippen LogP) is 2.84. The number of amides is 5. The summed E-state index contributed by atoms with van der Waals surface area (Å²) >= 11 is 0. The molecule has 0 radical (unpaired) electrons. The molecule has 4 unspecified atom stereocenters. The number of hydrogen-bond donors (Lipinski definition) is 2. The summed E-state index contributed by atoms with van der Waals surface area (Å²) in [4.78, 5) is 53.4. The minimum absolute atomic E-state index is 0.108. The van der Waals surface area contributed by atoms with Gasteiger partial charge in [-0.15, -0.1) is 0 Å². The molecule has 5 amide bonds. The lowest BCUT2D eigenvalue weighted by Crippen LogP contribution is -2.39. The lowest BCUT2D eigenvalue weighted by Gasteiger charge is -2.21. The number of carbonyl (C=O) groups excluding carboxylic acids is 4. The third-order valence-corrected chi connectivity index (χ3v) is 7.18. The second kappa shape index (κ2) is 8.41. The third kappa shape index (κ3) is 3.78. The fraction of sp³-hybridized carbons (Fsp3) is 0.500. The molecule has 0 spiro atoms. The van der Waals surface area contributed by atoms with Crippen LogP contribution >= 0.6 is 0 Å². The van der Waals surface area contributed by atoms with Gasteiger partial charge < -0.3 is 15.5 Å². The summed E-state index contributed by atoms with van der Waals surface area (Å²) in [5, 5.41) is 5.64. The Bertz CT molecular complexity index is 935. The first-order valence-electron chi connectivity index (χ1n) is 11.5. The Morgan fingerprint density at radius 2 is 1.34 bits per heavy atom. The normalized spacial score (nSPS) is 28.6. The van der Waals surface area contributed by atoms with Crippen molar-refractivity contribution in [2.75, 3.05) is 30.3 Å². The van der Waals surface area contributed by atoms with Crippen LogP contribution in [0.4, 0.5) is 16.2 Å². The SMILES string of the molecule is O=C(CN1C(=O)C2C3C=CC(C3)C2C1=O)Nc1ccc(NC(=O)N2CCCCCC2)cc1. The van der Waals surface area contributed by atoms with Gasteiger partial charge in [-0.05, 0) is 55.4 Å². The first-order valence-corrected chi connectivity index (χ1v) is 11.5. The Kier molecular flexibility index (Phi) is 5.45. The number of nitrogens with one attached hydrogen (secondary N) is 2. The highest BCUT2D eigenvalue weighted by atomic mass is 16.2. The van der Waals surface area contributed by atoms with Crippen molar-refractivity contribution >= 4 is 35.1 Å². The van der Waals surface area contributed by atoms with E-state index in [0.717, 1.165) is 50.1 Å². The van der Waals surface area contributed by atoms with Gasteiger partial charge in [-0.2, -0.15) is 0 Å². The molecular weight excluding hydrogens is 408 g/mol. The van der Waals surface area contributed by atoms with Crippen molar-refractivity contribution in [1.82, 2.24) is 9.80 Å². The number of fused-ring (bicyclic) bond motifs is 5. The van der Waals surface area contributed by atoms with E-state index in [1.54, 1.807) is 24.3 Å². The average molecular weight is 437 g/mol. The van der Waals surface area contributed by atoms with Crippen LogP contribution in [-0.4, -0.2) is 53.2 Å². The highest BCUT2D eigenvalue weighted by Crippen LogP contribution is 2.52. The van der Waals surface area contributed by atoms with Crippen molar-refractivity contribution < 1.29 is 19.2 Å². The Morgan fingerprint density at radius 1 is 0.812 bits per heavy atom. The third-order valence-electron chi connectivity index (χ3n) is 7.18. The summed E-state index contributed by atoms with van der Waals surface area (Å²) in [5.41, 5.74) is 1.20. The van der Waals surface area contributed by atoms with Crippen molar-refractivity contribution in [3.05, 3.63) is 36.4 Å². The second-order valence-electron chi connectivity index (χ2n) is 9.22. The van der Waals surface area contributed by atoms with Gasteiger partial charge in [0, 0.05) is 24.5 Å². The molecule has 2 heterocycles. The zero-order chi connectivity index (χ0) is 22.2. The lowest BCUT2D eigenvalue weighted by molar-refractivity contribution is -0.143. The molecule has 2 bridgehead atoms. The molecule has 2 aliphatic carbocycles. The zero-order valence-corrected chi connectivity index (χ0v) is 18.0. The second-order valence-corrected chi connectivity index (χ2v) is 9.22. The summed E-state index contributed by atoms with van der Waals surface area (Å²) in [6.45, 7) is 1.28. The highest BCUT2D eigenvalue weighted by Gasteiger charge is 2.59. The molecule has 1 aromatic rings. The van der Waals surface area contributed by atoms with Gasteiger partial charge >= 0.3 is 6.03 Å². The van der Waals surface area contributed by atoms with Crippen LogP contribution in [0, 0.1) is 23.7 Å². The van der Waals surface area contributed by atoms with Crippen LogP contribution in [-0.2, 0) is 14.4 Å². The Hall–Kier alpha value is -3.16. The van der Waals surface area contributed by atoms with Gasteiger partial charge in [0.25, 0.3) is 0 Å². The molecule has 8 heteroatoms. The van der Waals surface area contributed by atoms with Crippen LogP contribution in [0.15, 0.2) is 36.4 Å². The van der Waals surface area contributed by atoms with E-state index < -0.39 is 5.91 Å². The van der Waals surface area contributed by atoms with E-state index in [2.05, 4.69) is 10.6 Å². The number of likely N-dealkylation sites (tertiary alicyclic amines) is 2. The number of allylic oxidation sites excluding steroid dienone is 2. The van der Waals surface area contributed by atoms with Crippen molar-refractivity contribution in [3.63, 3.8) is 0 Å². The molecule has 8 nitrogen and oxygen atoms in total. The number of anilines is 2. The fourth-order valence-electron chi connectivity index (χ4n) is 5.58. The maximum atomic E-state index is 12.7. The number of benzene rings is 1. The highest BCUT2D eigenvalue weighted by molar-refractivity contribution is 6.09. The standard InChI is InChI=1S/C24H28N4O4/c29-19(14-28-22(30)20-15-5-6-16(13-15)21(20)23(28)31)25-17-7-9-18(10-8-17)26-24(32)27-11-3-1-2-4-12-27/h5-10,15-16,20-21H,1-4,11-14H2,(H,25,29)(H,26,32). The topological polar surface area (TPSA) is 98.8 Å². The van der Waals surface area contributed by atoms with Crippen LogP contribution in [0.5, 0.6) is 0 Å². The number of carbonyl (C=O) groups is 4. The molecule has 168 valence electrons. The molecule has 4 atom stereocenters. The van der Waals surface area contributed by atoms with Crippen molar-refractivity contribution in [2.24, 2.45) is 23.7 Å². The fourth-order valence-corrected chi connectivity index (χ4v) is 5.58. The molecule has 1 saturated carbocycles. The first-order chi connectivity index (χ1) is 15.5. The maximum absolute atomic E-state index is 12.7. The van der Waals surface area contributed by atoms with E-state index in [9.17, 15) is 19.2 Å². The number of nitrogens with zero attached hydrogens (tertiary/aromatic N) is 2. The number of imide groups is 1. The number of rotatable bonds is 4. The molecule has 5 rings (SSSR count). The van der Waals surface area contributed by atoms with Crippen molar-refractivity contribution in [2.45, 2.75) is 32.1 Å². The van der Waals surface area contributed by atoms with Gasteiger partial charge in [-0.25, -0.2) is 4.79 Å². The molecule has 32 heavy (non-hydrogen) atoms. The molecule has 0 aromatic heterocycles. The van der Waals surface area contributed by atoms with E-state index >= 15 is 0 Å². The largest absolute Gasteiger partial charge is 0.325 e. The van der Waals surface area contributed by atoms with E-state index in [-0.39, 0.29) is 48.1 Å². The maximum Gasteiger partial charge on any atom is 0.321 e. The smallest absolute Gasteiger partial charge is 0.321 e. The van der Waals surface area contributed by atoms with Gasteiger partial charge in [-0.3, -0.25) is 19.3 Å². The average Bonchev–Trinajstić information content (AvgIpc) is 3.37. The molecule has 3 fully saturated rings. The van der Waals surface area contributed by atoms with E-state index in [1.807, 2.05) is 17.1 Å². The van der Waals surface area contributed by atoms with Crippen molar-refractivity contribution in [1.29, 1.82) is 0 Å². The van der Waals surface area contributed by atoms with Crippen LogP contribution < -0.4 is 10.6 Å². The molecular formula is C24H28N4O4. The van der Waals surface area contributed by atoms with Crippen LogP contribution in [0.1, 0.15) is 32.1 Å². The Labute approximate surface area is 187 Å². The van der Waals surface area contributed by atoms with Gasteiger partial charge in [0.2, 0.25) is 17.7 Å². The summed E-state index contributed by atoms with van der Waals surface area (Å²) in [5.74, 6) is -1.18. The van der Waals surface area contributed by atoms with Crippen LogP contribution in [0.3, 0.4) is 0 Å². The Balaban J connectivity index is 1.15. The quantitative estimate of drug-likeness (QED) is 0.560. The minimum Gasteiger partial charge on any atom is -0.325 e. The Morgan fingerprint density at radius 3 is 1.91 bits per heavy atom. The van der Waals surface area contributed by atoms with Gasteiger partial charge in [-0.1, -0.05) is 25.0 Å². The predicted molar refractivity (Wildman–Crippen MR) is 119 cm³/mol. The van der Waals surface area contributed by atoms with Gasteiger partial charge in [0.05, 0.1) is 11.8 Å². The summed E-state index contributed by atoms with van der Waals surface area (Å²) in [6.07, 6.45) is 9.31. The van der Waals surface area contributed by atoms with E-state index in [0.29, 0.717) is 11.4 Å². The van der Waals surface area contributed by atoms with E-state index in [4.69, 9.17) is 0 Å². The summed E-state index contributed by atoms with van der Waals surface area (Å²) in [7, 11) is 0. The number of urea groups is 1. The van der Waals surface area contributed by atoms with Crippen LogP contribution in [0.25, 0.3) is 0 Å². The summed E-state index contributed by atoms with van der Waals surface area (Å²) < 4.78 is 0. The zero-order valence-electron chi connectivity index (χ0n) is 18.0. The monoisotopic (exact) mass is 436 g/mol. The van der Waals surface area contributed by atoms with Gasteiger partial charge in [0.1, 0.15) is 6.54 Å². The number of hydrogen-bond acceptors (Lipinski definition) is 4. The van der Waals surface area contributed by atoms with Crippen LogP contribution in [0.2, 0.25) is 0 Å². The minimum atomic E-state index is -0.409.